The molecule has 0 saturated heterocycles. The number of nitrogens with zero attached hydrogens (tertiary/aromatic N) is 2. The number of guanidine groups is 1. The first-order valence-electron chi connectivity index (χ1n) is 6.11. The summed E-state index contributed by atoms with van der Waals surface area (Å²) < 4.78 is 13.1. The van der Waals surface area contributed by atoms with Crippen molar-refractivity contribution in [3.8, 4) is 0 Å². The summed E-state index contributed by atoms with van der Waals surface area (Å²) in [7, 11) is 5.58. The van der Waals surface area contributed by atoms with Gasteiger partial charge in [-0.05, 0) is 17.7 Å². The van der Waals surface area contributed by atoms with Crippen molar-refractivity contribution in [2.45, 2.75) is 19.3 Å². The zero-order valence-electron chi connectivity index (χ0n) is 12.5. The van der Waals surface area contributed by atoms with Crippen molar-refractivity contribution >= 4 is 41.5 Å². The molecule has 1 aromatic rings. The van der Waals surface area contributed by atoms with Crippen LogP contribution < -0.4 is 5.32 Å². The predicted molar refractivity (Wildman–Crippen MR) is 94.9 cm³/mol. The lowest BCUT2D eigenvalue weighted by atomic mass is 9.84. The summed E-state index contributed by atoms with van der Waals surface area (Å²) in [5, 5.41) is 3.72. The Balaban J connectivity index is 0.00000361. The summed E-state index contributed by atoms with van der Waals surface area (Å²) in [4.78, 5) is 6.06. The maximum absolute atomic E-state index is 13.1. The molecule has 0 fully saturated rings. The van der Waals surface area contributed by atoms with Crippen molar-refractivity contribution in [2.24, 2.45) is 4.99 Å². The summed E-state index contributed by atoms with van der Waals surface area (Å²) in [5.41, 5.74) is 0.689. The van der Waals surface area contributed by atoms with Gasteiger partial charge in [0.25, 0.3) is 0 Å². The monoisotopic (exact) mass is 413 g/mol. The zero-order valence-corrected chi connectivity index (χ0v) is 15.6. The fourth-order valence-electron chi connectivity index (χ4n) is 1.87. The topological polar surface area (TPSA) is 27.6 Å². The van der Waals surface area contributed by atoms with Crippen molar-refractivity contribution in [2.75, 3.05) is 27.7 Å². The van der Waals surface area contributed by atoms with E-state index in [9.17, 15) is 4.39 Å². The predicted octanol–water partition coefficient (Wildman–Crippen LogP) is 3.51. The lowest BCUT2D eigenvalue weighted by molar-refractivity contribution is 0.487. The fraction of sp³-hybridized carbons (Fsp3) is 0.500. The molecule has 0 atom stereocenters. The molecule has 3 nitrogen and oxygen atoms in total. The number of hydrogen-bond acceptors (Lipinski definition) is 1. The van der Waals surface area contributed by atoms with Gasteiger partial charge in [-0.2, -0.15) is 0 Å². The third kappa shape index (κ3) is 5.09. The Bertz CT molecular complexity index is 475. The summed E-state index contributed by atoms with van der Waals surface area (Å²) >= 11 is 6.12. The van der Waals surface area contributed by atoms with Crippen LogP contribution in [0.4, 0.5) is 4.39 Å². The van der Waals surface area contributed by atoms with Gasteiger partial charge in [0.15, 0.2) is 5.96 Å². The van der Waals surface area contributed by atoms with Crippen LogP contribution in [0.15, 0.2) is 23.2 Å². The molecule has 0 bridgehead atoms. The smallest absolute Gasteiger partial charge is 0.193 e. The van der Waals surface area contributed by atoms with Crippen LogP contribution in [-0.4, -0.2) is 38.5 Å². The second kappa shape index (κ2) is 8.02. The normalized spacial score (nSPS) is 11.8. The lowest BCUT2D eigenvalue weighted by Gasteiger charge is -2.29. The Hall–Kier alpha value is -0.560. The van der Waals surface area contributed by atoms with Gasteiger partial charge in [-0.1, -0.05) is 31.5 Å². The molecule has 0 aliphatic heterocycles. The fourth-order valence-corrected chi connectivity index (χ4v) is 2.29. The highest BCUT2D eigenvalue weighted by atomic mass is 127. The van der Waals surface area contributed by atoms with Gasteiger partial charge in [0, 0.05) is 38.1 Å². The average molecular weight is 414 g/mol. The number of rotatable bonds is 3. The van der Waals surface area contributed by atoms with Gasteiger partial charge in [-0.15, -0.1) is 24.0 Å². The average Bonchev–Trinajstić information content (AvgIpc) is 2.28. The molecule has 0 aromatic heterocycles. The summed E-state index contributed by atoms with van der Waals surface area (Å²) in [6, 6.07) is 4.51. The number of hydrogen-bond donors (Lipinski definition) is 1. The lowest BCUT2D eigenvalue weighted by Crippen LogP contribution is -2.42. The molecule has 0 unspecified atom stereocenters. The van der Waals surface area contributed by atoms with E-state index in [1.54, 1.807) is 13.1 Å². The minimum Gasteiger partial charge on any atom is -0.355 e. The maximum atomic E-state index is 13.1. The van der Waals surface area contributed by atoms with Crippen molar-refractivity contribution in [1.29, 1.82) is 0 Å². The highest BCUT2D eigenvalue weighted by Crippen LogP contribution is 2.29. The zero-order chi connectivity index (χ0) is 14.6. The van der Waals surface area contributed by atoms with Gasteiger partial charge in [-0.25, -0.2) is 4.39 Å². The quantitative estimate of drug-likeness (QED) is 0.466. The van der Waals surface area contributed by atoms with E-state index in [4.69, 9.17) is 11.6 Å². The molecule has 0 aliphatic rings. The second-order valence-electron chi connectivity index (χ2n) is 5.30. The van der Waals surface area contributed by atoms with Crippen LogP contribution in [0.5, 0.6) is 0 Å². The molecular weight excluding hydrogens is 392 g/mol. The Kier molecular flexibility index (Phi) is 7.80. The number of halogens is 3. The first kappa shape index (κ1) is 19.4. The van der Waals surface area contributed by atoms with Gasteiger partial charge in [0.1, 0.15) is 5.82 Å². The second-order valence-corrected chi connectivity index (χ2v) is 5.71. The Morgan fingerprint density at radius 3 is 2.45 bits per heavy atom. The molecule has 0 aliphatic carbocycles. The number of benzene rings is 1. The van der Waals surface area contributed by atoms with Crippen LogP contribution in [0.2, 0.25) is 5.02 Å². The largest absolute Gasteiger partial charge is 0.355 e. The number of aliphatic imine (C=N–C) groups is 1. The van der Waals surface area contributed by atoms with Gasteiger partial charge in [0.05, 0.1) is 0 Å². The van der Waals surface area contributed by atoms with Crippen LogP contribution in [0.25, 0.3) is 0 Å². The van der Waals surface area contributed by atoms with Gasteiger partial charge in [-0.3, -0.25) is 4.99 Å². The Morgan fingerprint density at radius 1 is 1.40 bits per heavy atom. The van der Waals surface area contributed by atoms with Crippen molar-refractivity contribution in [1.82, 2.24) is 10.2 Å². The Morgan fingerprint density at radius 2 is 2.00 bits per heavy atom. The van der Waals surface area contributed by atoms with Crippen molar-refractivity contribution in [3.05, 3.63) is 34.6 Å². The molecule has 114 valence electrons. The molecule has 20 heavy (non-hydrogen) atoms. The summed E-state index contributed by atoms with van der Waals surface area (Å²) in [6.45, 7) is 4.77. The van der Waals surface area contributed by atoms with Crippen molar-refractivity contribution < 1.29 is 4.39 Å². The van der Waals surface area contributed by atoms with Gasteiger partial charge >= 0.3 is 0 Å². The van der Waals surface area contributed by atoms with E-state index in [0.29, 0.717) is 11.6 Å². The van der Waals surface area contributed by atoms with E-state index in [2.05, 4.69) is 24.2 Å². The highest BCUT2D eigenvalue weighted by molar-refractivity contribution is 14.0. The van der Waals surface area contributed by atoms with Crippen molar-refractivity contribution in [3.63, 3.8) is 0 Å². The van der Waals surface area contributed by atoms with Gasteiger partial charge in [0.2, 0.25) is 0 Å². The van der Waals surface area contributed by atoms with Crippen LogP contribution >= 0.6 is 35.6 Å². The van der Waals surface area contributed by atoms with Crippen LogP contribution in [0.1, 0.15) is 19.4 Å². The highest BCUT2D eigenvalue weighted by Gasteiger charge is 2.24. The molecule has 6 heteroatoms. The summed E-state index contributed by atoms with van der Waals surface area (Å²) in [6.07, 6.45) is 0. The first-order valence-corrected chi connectivity index (χ1v) is 6.49. The van der Waals surface area contributed by atoms with Crippen LogP contribution in [0, 0.1) is 5.82 Å². The molecule has 1 aromatic carbocycles. The molecule has 0 amide bonds. The molecule has 0 radical (unpaired) electrons. The molecule has 0 saturated carbocycles. The molecule has 0 spiro atoms. The standard InChI is InChI=1S/C14H21ClFN3.HI/c1-14(2,9-18-13(17-3)19(4)5)11-7-6-10(16)8-12(11)15;/h6-8H,9H2,1-5H3,(H,17,18);1H. The van der Waals surface area contributed by atoms with E-state index < -0.39 is 0 Å². The molecule has 0 heterocycles. The van der Waals surface area contributed by atoms with E-state index in [-0.39, 0.29) is 35.2 Å². The van der Waals surface area contributed by atoms with E-state index in [0.717, 1.165) is 11.5 Å². The van der Waals surface area contributed by atoms with E-state index >= 15 is 0 Å². The molecular formula is C14H22ClFIN3. The van der Waals surface area contributed by atoms with Crippen LogP contribution in [-0.2, 0) is 5.41 Å². The van der Waals surface area contributed by atoms with Crippen LogP contribution in [0.3, 0.4) is 0 Å². The summed E-state index contributed by atoms with van der Waals surface area (Å²) in [5.74, 6) is 0.480. The molecule has 1 N–H and O–H groups in total. The SMILES string of the molecule is CN=C(NCC(C)(C)c1ccc(F)cc1Cl)N(C)C.I. The van der Waals surface area contributed by atoms with Gasteiger partial charge < -0.3 is 10.2 Å². The minimum atomic E-state index is -0.318. The maximum Gasteiger partial charge on any atom is 0.193 e. The molecule has 1 rings (SSSR count). The number of nitrogens with one attached hydrogen (secondary N) is 1. The third-order valence-electron chi connectivity index (χ3n) is 2.98. The first-order chi connectivity index (χ1) is 8.77. The van der Waals surface area contributed by atoms with E-state index in [1.807, 2.05) is 19.0 Å². The minimum absolute atomic E-state index is 0. The Labute approximate surface area is 142 Å². The third-order valence-corrected chi connectivity index (χ3v) is 3.30. The van der Waals surface area contributed by atoms with E-state index in [1.165, 1.54) is 12.1 Å².